The van der Waals surface area contributed by atoms with Crippen LogP contribution in [0.15, 0.2) is 24.3 Å². The highest BCUT2D eigenvalue weighted by molar-refractivity contribution is 7.86. The van der Waals surface area contributed by atoms with Crippen LogP contribution in [0.3, 0.4) is 0 Å². The van der Waals surface area contributed by atoms with Crippen molar-refractivity contribution in [1.29, 1.82) is 0 Å². The van der Waals surface area contributed by atoms with Crippen molar-refractivity contribution in [2.45, 2.75) is 25.6 Å². The Labute approximate surface area is 104 Å². The van der Waals surface area contributed by atoms with E-state index in [1.807, 2.05) is 12.1 Å². The van der Waals surface area contributed by atoms with Crippen LogP contribution in [0.5, 0.6) is 0 Å². The second-order valence-corrected chi connectivity index (χ2v) is 5.75. The molecule has 0 fully saturated rings. The average Bonchev–Trinajstić information content (AvgIpc) is 2.37. The molecule has 0 radical (unpaired) electrons. The van der Waals surface area contributed by atoms with Crippen LogP contribution in [0.1, 0.15) is 19.4 Å². The zero-order chi connectivity index (χ0) is 12.8. The zero-order valence-electron chi connectivity index (χ0n) is 10.1. The van der Waals surface area contributed by atoms with Crippen LogP contribution in [-0.4, -0.2) is 21.1 Å². The molecule has 0 saturated carbocycles. The standard InChI is InChI=1S/C12H18N2O2S/c1-3-17(16)9(2)12(15)14-11-6-4-10(8-13)5-7-11/h4-7,9H,3,8,13H2,1-2H3,(H,14,15). The molecule has 0 aromatic heterocycles. The lowest BCUT2D eigenvalue weighted by Gasteiger charge is -2.11. The van der Waals surface area contributed by atoms with Gasteiger partial charge in [-0.05, 0) is 24.6 Å². The van der Waals surface area contributed by atoms with Crippen LogP contribution in [0.4, 0.5) is 5.69 Å². The summed E-state index contributed by atoms with van der Waals surface area (Å²) in [5.41, 5.74) is 7.19. The third-order valence-electron chi connectivity index (χ3n) is 2.51. The molecule has 0 bridgehead atoms. The summed E-state index contributed by atoms with van der Waals surface area (Å²) in [6.07, 6.45) is 0. The van der Waals surface area contributed by atoms with E-state index < -0.39 is 16.0 Å². The third kappa shape index (κ3) is 3.94. The molecule has 3 N–H and O–H groups in total. The molecule has 94 valence electrons. The van der Waals surface area contributed by atoms with E-state index in [1.54, 1.807) is 26.0 Å². The molecule has 1 aromatic carbocycles. The first-order valence-corrected chi connectivity index (χ1v) is 6.93. The zero-order valence-corrected chi connectivity index (χ0v) is 10.9. The quantitative estimate of drug-likeness (QED) is 0.830. The average molecular weight is 254 g/mol. The summed E-state index contributed by atoms with van der Waals surface area (Å²) in [6.45, 7) is 3.95. The monoisotopic (exact) mass is 254 g/mol. The Balaban J connectivity index is 2.64. The maximum atomic E-state index is 11.7. The fourth-order valence-electron chi connectivity index (χ4n) is 1.34. The summed E-state index contributed by atoms with van der Waals surface area (Å²) in [6, 6.07) is 7.30. The topological polar surface area (TPSA) is 72.2 Å². The van der Waals surface area contributed by atoms with Crippen LogP contribution >= 0.6 is 0 Å². The largest absolute Gasteiger partial charge is 0.326 e. The molecule has 0 aliphatic heterocycles. The second kappa shape index (κ2) is 6.51. The van der Waals surface area contributed by atoms with Gasteiger partial charge in [0, 0.05) is 28.8 Å². The van der Waals surface area contributed by atoms with Crippen LogP contribution < -0.4 is 11.1 Å². The molecule has 1 rings (SSSR count). The van der Waals surface area contributed by atoms with Gasteiger partial charge < -0.3 is 11.1 Å². The third-order valence-corrected chi connectivity index (χ3v) is 4.08. The number of hydrogen-bond acceptors (Lipinski definition) is 3. The van der Waals surface area contributed by atoms with Gasteiger partial charge in [0.05, 0.1) is 0 Å². The van der Waals surface area contributed by atoms with Gasteiger partial charge in [0.25, 0.3) is 0 Å². The summed E-state index contributed by atoms with van der Waals surface area (Å²) < 4.78 is 11.5. The maximum Gasteiger partial charge on any atom is 0.239 e. The number of rotatable bonds is 5. The lowest BCUT2D eigenvalue weighted by molar-refractivity contribution is -0.115. The molecule has 0 spiro atoms. The summed E-state index contributed by atoms with van der Waals surface area (Å²) in [5.74, 6) is 0.270. The van der Waals surface area contributed by atoms with E-state index >= 15 is 0 Å². The molecular weight excluding hydrogens is 236 g/mol. The van der Waals surface area contributed by atoms with Crippen LogP contribution in [0.2, 0.25) is 0 Å². The minimum Gasteiger partial charge on any atom is -0.326 e. The molecule has 4 nitrogen and oxygen atoms in total. The van der Waals surface area contributed by atoms with E-state index in [-0.39, 0.29) is 5.91 Å². The molecule has 1 amide bonds. The predicted octanol–water partition coefficient (Wildman–Crippen LogP) is 1.24. The smallest absolute Gasteiger partial charge is 0.239 e. The first-order chi connectivity index (χ1) is 8.08. The molecule has 0 saturated heterocycles. The van der Waals surface area contributed by atoms with Gasteiger partial charge in [-0.25, -0.2) is 0 Å². The number of nitrogens with two attached hydrogens (primary N) is 1. The molecule has 2 unspecified atom stereocenters. The molecule has 17 heavy (non-hydrogen) atoms. The van der Waals surface area contributed by atoms with Gasteiger partial charge in [-0.15, -0.1) is 0 Å². The van der Waals surface area contributed by atoms with Crippen molar-refractivity contribution >= 4 is 22.4 Å². The lowest BCUT2D eigenvalue weighted by atomic mass is 10.2. The maximum absolute atomic E-state index is 11.7. The summed E-state index contributed by atoms with van der Waals surface area (Å²) in [5, 5.41) is 2.24. The van der Waals surface area contributed by atoms with E-state index in [0.29, 0.717) is 18.0 Å². The van der Waals surface area contributed by atoms with Crippen LogP contribution in [0.25, 0.3) is 0 Å². The summed E-state index contributed by atoms with van der Waals surface area (Å²) in [7, 11) is -1.11. The minimum atomic E-state index is -1.11. The Bertz CT molecular complexity index is 403. The predicted molar refractivity (Wildman–Crippen MR) is 71.1 cm³/mol. The molecule has 5 heteroatoms. The summed E-state index contributed by atoms with van der Waals surface area (Å²) in [4.78, 5) is 11.7. The number of carbonyl (C=O) groups is 1. The van der Waals surface area contributed by atoms with Gasteiger partial charge in [0.1, 0.15) is 5.25 Å². The second-order valence-electron chi connectivity index (χ2n) is 3.70. The van der Waals surface area contributed by atoms with Gasteiger partial charge in [-0.1, -0.05) is 19.1 Å². The Morgan fingerprint density at radius 3 is 2.47 bits per heavy atom. The van der Waals surface area contributed by atoms with Crippen molar-refractivity contribution in [3.8, 4) is 0 Å². The van der Waals surface area contributed by atoms with Crippen LogP contribution in [0, 0.1) is 0 Å². The van der Waals surface area contributed by atoms with E-state index in [2.05, 4.69) is 5.32 Å². The lowest BCUT2D eigenvalue weighted by Crippen LogP contribution is -2.29. The molecule has 0 heterocycles. The number of nitrogens with one attached hydrogen (secondary N) is 1. The fourth-order valence-corrected chi connectivity index (χ4v) is 2.14. The van der Waals surface area contributed by atoms with E-state index in [9.17, 15) is 9.00 Å². The number of benzene rings is 1. The molecule has 0 aliphatic carbocycles. The Morgan fingerprint density at radius 2 is 2.00 bits per heavy atom. The van der Waals surface area contributed by atoms with Crippen molar-refractivity contribution < 1.29 is 9.00 Å². The van der Waals surface area contributed by atoms with Gasteiger partial charge in [0.2, 0.25) is 5.91 Å². The molecule has 1 aromatic rings. The number of carbonyl (C=O) groups excluding carboxylic acids is 1. The van der Waals surface area contributed by atoms with Crippen molar-refractivity contribution in [3.63, 3.8) is 0 Å². The van der Waals surface area contributed by atoms with Crippen molar-refractivity contribution in [2.24, 2.45) is 5.73 Å². The van der Waals surface area contributed by atoms with E-state index in [4.69, 9.17) is 5.73 Å². The first-order valence-electron chi connectivity index (χ1n) is 5.55. The SMILES string of the molecule is CCS(=O)C(C)C(=O)Nc1ccc(CN)cc1. The molecular formula is C12H18N2O2S. The Hall–Kier alpha value is -1.20. The highest BCUT2D eigenvalue weighted by atomic mass is 32.2. The molecule has 0 aliphatic rings. The van der Waals surface area contributed by atoms with Gasteiger partial charge in [0.15, 0.2) is 0 Å². The van der Waals surface area contributed by atoms with Gasteiger partial charge in [-0.2, -0.15) is 0 Å². The van der Waals surface area contributed by atoms with E-state index in [1.165, 1.54) is 0 Å². The van der Waals surface area contributed by atoms with Crippen LogP contribution in [-0.2, 0) is 22.1 Å². The first kappa shape index (κ1) is 13.9. The van der Waals surface area contributed by atoms with Gasteiger partial charge >= 0.3 is 0 Å². The summed E-state index contributed by atoms with van der Waals surface area (Å²) >= 11 is 0. The van der Waals surface area contributed by atoms with Crippen molar-refractivity contribution in [2.75, 3.05) is 11.1 Å². The number of hydrogen-bond donors (Lipinski definition) is 2. The highest BCUT2D eigenvalue weighted by Gasteiger charge is 2.18. The van der Waals surface area contributed by atoms with Gasteiger partial charge in [-0.3, -0.25) is 9.00 Å². The number of anilines is 1. The van der Waals surface area contributed by atoms with Crippen molar-refractivity contribution in [3.05, 3.63) is 29.8 Å². The number of amides is 1. The normalized spacial score (nSPS) is 14.1. The highest BCUT2D eigenvalue weighted by Crippen LogP contribution is 2.10. The molecule has 2 atom stereocenters. The Morgan fingerprint density at radius 1 is 1.41 bits per heavy atom. The fraction of sp³-hybridized carbons (Fsp3) is 0.417. The van der Waals surface area contributed by atoms with E-state index in [0.717, 1.165) is 5.56 Å². The minimum absolute atomic E-state index is 0.217. The van der Waals surface area contributed by atoms with Crippen molar-refractivity contribution in [1.82, 2.24) is 0 Å². The Kier molecular flexibility index (Phi) is 5.31.